The Morgan fingerprint density at radius 1 is 1.27 bits per heavy atom. The SMILES string of the molecule is CCOC(=O)C(CCc1ccccc1)NC1CC(=O)CN2CCC(C(=O)O)N2C1=O. The molecular weight excluding hydrogens is 390 g/mol. The molecule has 3 unspecified atom stereocenters. The second-order valence-corrected chi connectivity index (χ2v) is 7.50. The van der Waals surface area contributed by atoms with Crippen molar-refractivity contribution in [2.24, 2.45) is 0 Å². The van der Waals surface area contributed by atoms with Gasteiger partial charge in [0.15, 0.2) is 5.78 Å². The van der Waals surface area contributed by atoms with Gasteiger partial charge in [-0.05, 0) is 31.7 Å². The number of ketones is 1. The zero-order valence-electron chi connectivity index (χ0n) is 17.0. The standard InChI is InChI=1S/C21H27N3O6/c1-2-30-21(29)16(9-8-14-6-4-3-5-7-14)22-17-12-15(25)13-23-11-10-18(20(27)28)24(23)19(17)26/h3-7,16-18,22H,2,8-13H2,1H3,(H,27,28). The van der Waals surface area contributed by atoms with Crippen LogP contribution in [0.25, 0.3) is 0 Å². The summed E-state index contributed by atoms with van der Waals surface area (Å²) in [6.07, 6.45) is 1.13. The Morgan fingerprint density at radius 2 is 2.00 bits per heavy atom. The Kier molecular flexibility index (Phi) is 7.17. The van der Waals surface area contributed by atoms with Crippen LogP contribution in [0.1, 0.15) is 31.7 Å². The van der Waals surface area contributed by atoms with Crippen molar-refractivity contribution < 1.29 is 29.0 Å². The Morgan fingerprint density at radius 3 is 2.67 bits per heavy atom. The summed E-state index contributed by atoms with van der Waals surface area (Å²) in [6.45, 7) is 2.21. The van der Waals surface area contributed by atoms with Gasteiger partial charge in [-0.3, -0.25) is 24.7 Å². The number of hydrogen-bond donors (Lipinski definition) is 2. The van der Waals surface area contributed by atoms with Crippen molar-refractivity contribution in [2.75, 3.05) is 19.7 Å². The lowest BCUT2D eigenvalue weighted by Gasteiger charge is -2.31. The van der Waals surface area contributed by atoms with Crippen LogP contribution in [-0.4, -0.2) is 76.6 Å². The predicted molar refractivity (Wildman–Crippen MR) is 106 cm³/mol. The molecule has 0 saturated carbocycles. The lowest BCUT2D eigenvalue weighted by atomic mass is 10.0. The van der Waals surface area contributed by atoms with Gasteiger partial charge in [0.1, 0.15) is 12.1 Å². The van der Waals surface area contributed by atoms with Gasteiger partial charge in [-0.2, -0.15) is 0 Å². The van der Waals surface area contributed by atoms with Crippen molar-refractivity contribution >= 4 is 23.6 Å². The minimum absolute atomic E-state index is 0.0121. The highest BCUT2D eigenvalue weighted by molar-refractivity contribution is 5.94. The third kappa shape index (κ3) is 5.03. The first-order chi connectivity index (χ1) is 14.4. The Labute approximate surface area is 174 Å². The minimum Gasteiger partial charge on any atom is -0.480 e. The quantitative estimate of drug-likeness (QED) is 0.584. The molecule has 0 spiro atoms. The number of carbonyl (C=O) groups excluding carboxylic acids is 3. The van der Waals surface area contributed by atoms with E-state index in [0.717, 1.165) is 5.56 Å². The number of carboxylic acids is 1. The molecule has 2 aliphatic heterocycles. The Hall–Kier alpha value is -2.78. The van der Waals surface area contributed by atoms with Crippen LogP contribution in [-0.2, 0) is 30.3 Å². The molecule has 30 heavy (non-hydrogen) atoms. The number of amides is 1. The average molecular weight is 417 g/mol. The first-order valence-electron chi connectivity index (χ1n) is 10.2. The fourth-order valence-electron chi connectivity index (χ4n) is 3.96. The third-order valence-electron chi connectivity index (χ3n) is 5.40. The lowest BCUT2D eigenvalue weighted by Crippen LogP contribution is -2.56. The first kappa shape index (κ1) is 21.9. The van der Waals surface area contributed by atoms with Gasteiger partial charge in [-0.15, -0.1) is 0 Å². The fraction of sp³-hybridized carbons (Fsp3) is 0.524. The van der Waals surface area contributed by atoms with E-state index in [1.54, 1.807) is 6.92 Å². The zero-order valence-corrected chi connectivity index (χ0v) is 17.0. The number of nitrogens with one attached hydrogen (secondary N) is 1. The van der Waals surface area contributed by atoms with Gasteiger partial charge < -0.3 is 9.84 Å². The molecule has 9 heteroatoms. The highest BCUT2D eigenvalue weighted by Crippen LogP contribution is 2.24. The molecule has 1 amide bonds. The molecule has 3 atom stereocenters. The normalized spacial score (nSPS) is 23.0. The molecule has 3 rings (SSSR count). The van der Waals surface area contributed by atoms with Crippen LogP contribution in [0.3, 0.4) is 0 Å². The maximum absolute atomic E-state index is 13.1. The number of rotatable bonds is 8. The van der Waals surface area contributed by atoms with Gasteiger partial charge in [-0.25, -0.2) is 9.80 Å². The summed E-state index contributed by atoms with van der Waals surface area (Å²) in [5.41, 5.74) is 1.04. The summed E-state index contributed by atoms with van der Waals surface area (Å²) >= 11 is 0. The van der Waals surface area contributed by atoms with Crippen LogP contribution >= 0.6 is 0 Å². The van der Waals surface area contributed by atoms with Crippen molar-refractivity contribution in [1.82, 2.24) is 15.3 Å². The summed E-state index contributed by atoms with van der Waals surface area (Å²) in [5, 5.41) is 15.1. The lowest BCUT2D eigenvalue weighted by molar-refractivity contribution is -0.160. The molecule has 1 aromatic carbocycles. The largest absolute Gasteiger partial charge is 0.480 e. The van der Waals surface area contributed by atoms with E-state index >= 15 is 0 Å². The Bertz CT molecular complexity index is 799. The number of aliphatic carboxylic acids is 1. The molecule has 2 fully saturated rings. The van der Waals surface area contributed by atoms with Crippen molar-refractivity contribution in [3.63, 3.8) is 0 Å². The number of ether oxygens (including phenoxy) is 1. The van der Waals surface area contributed by atoms with Crippen LogP contribution in [0, 0.1) is 0 Å². The van der Waals surface area contributed by atoms with Crippen LogP contribution in [0.15, 0.2) is 30.3 Å². The highest BCUT2D eigenvalue weighted by atomic mass is 16.5. The number of benzene rings is 1. The average Bonchev–Trinajstić information content (AvgIpc) is 3.09. The van der Waals surface area contributed by atoms with Crippen molar-refractivity contribution in [1.29, 1.82) is 0 Å². The summed E-state index contributed by atoms with van der Waals surface area (Å²) < 4.78 is 5.16. The van der Waals surface area contributed by atoms with Crippen LogP contribution in [0.2, 0.25) is 0 Å². The van der Waals surface area contributed by atoms with E-state index in [-0.39, 0.29) is 31.8 Å². The monoisotopic (exact) mass is 417 g/mol. The van der Waals surface area contributed by atoms with Crippen molar-refractivity contribution in [3.8, 4) is 0 Å². The number of fused-ring (bicyclic) bond motifs is 1. The molecule has 2 N–H and O–H groups in total. The number of carbonyl (C=O) groups is 4. The summed E-state index contributed by atoms with van der Waals surface area (Å²) in [7, 11) is 0. The maximum Gasteiger partial charge on any atom is 0.328 e. The Balaban J connectivity index is 1.77. The second kappa shape index (κ2) is 9.82. The molecule has 162 valence electrons. The summed E-state index contributed by atoms with van der Waals surface area (Å²) in [4.78, 5) is 49.6. The van der Waals surface area contributed by atoms with Gasteiger partial charge in [0.25, 0.3) is 5.91 Å². The first-order valence-corrected chi connectivity index (χ1v) is 10.2. The molecule has 0 aliphatic carbocycles. The van der Waals surface area contributed by atoms with Gasteiger partial charge in [0.2, 0.25) is 0 Å². The van der Waals surface area contributed by atoms with Crippen molar-refractivity contribution in [3.05, 3.63) is 35.9 Å². The number of carboxylic acid groups (broad SMARTS) is 1. The van der Waals surface area contributed by atoms with Crippen LogP contribution in [0.4, 0.5) is 0 Å². The van der Waals surface area contributed by atoms with Gasteiger partial charge in [0, 0.05) is 13.0 Å². The smallest absolute Gasteiger partial charge is 0.328 e. The van der Waals surface area contributed by atoms with Crippen LogP contribution in [0.5, 0.6) is 0 Å². The fourth-order valence-corrected chi connectivity index (χ4v) is 3.96. The molecule has 9 nitrogen and oxygen atoms in total. The minimum atomic E-state index is -1.11. The number of hydrogen-bond acceptors (Lipinski definition) is 7. The predicted octanol–water partition coefficient (Wildman–Crippen LogP) is 0.384. The van der Waals surface area contributed by atoms with E-state index < -0.39 is 36.0 Å². The number of hydrazine groups is 1. The molecule has 0 bridgehead atoms. The van der Waals surface area contributed by atoms with E-state index in [4.69, 9.17) is 4.74 Å². The number of esters is 1. The topological polar surface area (TPSA) is 116 Å². The van der Waals surface area contributed by atoms with Gasteiger partial charge in [-0.1, -0.05) is 30.3 Å². The molecule has 2 saturated heterocycles. The second-order valence-electron chi connectivity index (χ2n) is 7.50. The van der Waals surface area contributed by atoms with E-state index in [1.165, 1.54) is 10.0 Å². The summed E-state index contributed by atoms with van der Waals surface area (Å²) in [6, 6.07) is 6.84. The van der Waals surface area contributed by atoms with E-state index in [0.29, 0.717) is 19.4 Å². The number of nitrogens with zero attached hydrogens (tertiary/aromatic N) is 2. The molecule has 2 aliphatic rings. The summed E-state index contributed by atoms with van der Waals surface area (Å²) in [5.74, 6) is -2.28. The van der Waals surface area contributed by atoms with Crippen LogP contribution < -0.4 is 5.32 Å². The maximum atomic E-state index is 13.1. The highest BCUT2D eigenvalue weighted by Gasteiger charge is 2.46. The zero-order chi connectivity index (χ0) is 21.7. The molecule has 2 heterocycles. The van der Waals surface area contributed by atoms with E-state index in [1.807, 2.05) is 30.3 Å². The van der Waals surface area contributed by atoms with E-state index in [2.05, 4.69) is 5.32 Å². The van der Waals surface area contributed by atoms with Crippen molar-refractivity contribution in [2.45, 2.75) is 50.7 Å². The molecular formula is C21H27N3O6. The van der Waals surface area contributed by atoms with Gasteiger partial charge >= 0.3 is 11.9 Å². The molecule has 0 aromatic heterocycles. The number of Topliss-reactive ketones (excluding diaryl/α,β-unsaturated/α-hetero) is 1. The van der Waals surface area contributed by atoms with Gasteiger partial charge in [0.05, 0.1) is 19.2 Å². The third-order valence-corrected chi connectivity index (χ3v) is 5.40. The number of aryl methyl sites for hydroxylation is 1. The molecule has 0 radical (unpaired) electrons. The van der Waals surface area contributed by atoms with E-state index in [9.17, 15) is 24.3 Å². The molecule has 1 aromatic rings.